The maximum atomic E-state index is 12.7. The molecule has 0 aromatic carbocycles. The van der Waals surface area contributed by atoms with Gasteiger partial charge in [-0.2, -0.15) is 5.10 Å². The second-order valence-corrected chi connectivity index (χ2v) is 6.88. The summed E-state index contributed by atoms with van der Waals surface area (Å²) in [5.74, 6) is -0.000906. The third-order valence-corrected chi connectivity index (χ3v) is 4.82. The molecule has 1 aliphatic carbocycles. The lowest BCUT2D eigenvalue weighted by Crippen LogP contribution is -2.41. The van der Waals surface area contributed by atoms with E-state index in [1.165, 1.54) is 0 Å². The number of aliphatic hydroxyl groups is 1. The van der Waals surface area contributed by atoms with Gasteiger partial charge in [0.2, 0.25) is 0 Å². The van der Waals surface area contributed by atoms with Crippen LogP contribution in [0.1, 0.15) is 40.5 Å². The van der Waals surface area contributed by atoms with Gasteiger partial charge >= 0.3 is 0 Å². The highest BCUT2D eigenvalue weighted by Crippen LogP contribution is 2.38. The van der Waals surface area contributed by atoms with Crippen LogP contribution in [-0.2, 0) is 7.05 Å². The summed E-state index contributed by atoms with van der Waals surface area (Å²) < 4.78 is 3.58. The van der Waals surface area contributed by atoms with Gasteiger partial charge in [-0.15, -0.1) is 0 Å². The number of nitrogens with one attached hydrogen (secondary N) is 1. The van der Waals surface area contributed by atoms with Gasteiger partial charge in [0.05, 0.1) is 18.3 Å². The van der Waals surface area contributed by atoms with Crippen LogP contribution in [0, 0.1) is 12.8 Å². The van der Waals surface area contributed by atoms with E-state index >= 15 is 0 Å². The standard InChI is InChI=1S/C18H21N5O2/c1-11-3-4-16-20-15(10-23(16)8-11)18(25)21-17(12-5-14(24)6-12)13-7-19-22(2)9-13/h3-4,7-10,12,14,17,24H,5-6H2,1-2H3,(H,21,25)/t12?,14?,17-/m1/s1. The SMILES string of the molecule is Cc1ccc2nc(C(=O)N[C@@H](c3cnn(C)c3)C3CC(O)C3)cn2c1. The Balaban J connectivity index is 1.58. The zero-order chi connectivity index (χ0) is 17.6. The molecule has 4 rings (SSSR count). The first kappa shape index (κ1) is 15.8. The van der Waals surface area contributed by atoms with Crippen LogP contribution >= 0.6 is 0 Å². The van der Waals surface area contributed by atoms with Crippen LogP contribution in [0.25, 0.3) is 5.65 Å². The zero-order valence-corrected chi connectivity index (χ0v) is 14.3. The Bertz CT molecular complexity index is 923. The molecule has 1 aliphatic rings. The Morgan fingerprint density at radius 3 is 2.80 bits per heavy atom. The Morgan fingerprint density at radius 2 is 2.12 bits per heavy atom. The van der Waals surface area contributed by atoms with Gasteiger partial charge in [0.25, 0.3) is 5.91 Å². The number of nitrogens with zero attached hydrogens (tertiary/aromatic N) is 4. The number of imidazole rings is 1. The van der Waals surface area contributed by atoms with Crippen molar-refractivity contribution in [3.8, 4) is 0 Å². The molecule has 7 heteroatoms. The lowest BCUT2D eigenvalue weighted by Gasteiger charge is -2.37. The zero-order valence-electron chi connectivity index (χ0n) is 14.3. The molecule has 130 valence electrons. The number of carbonyl (C=O) groups excluding carboxylic acids is 1. The van der Waals surface area contributed by atoms with Gasteiger partial charge in [0.15, 0.2) is 0 Å². The predicted molar refractivity (Wildman–Crippen MR) is 92.1 cm³/mol. The molecule has 2 N–H and O–H groups in total. The van der Waals surface area contributed by atoms with Crippen molar-refractivity contribution in [2.45, 2.75) is 31.9 Å². The minimum Gasteiger partial charge on any atom is -0.393 e. The van der Waals surface area contributed by atoms with E-state index in [4.69, 9.17) is 0 Å². The van der Waals surface area contributed by atoms with E-state index in [0.717, 1.165) is 16.8 Å². The maximum absolute atomic E-state index is 12.7. The summed E-state index contributed by atoms with van der Waals surface area (Å²) in [6.45, 7) is 2.00. The van der Waals surface area contributed by atoms with Crippen LogP contribution in [0.15, 0.2) is 36.9 Å². The molecule has 0 unspecified atom stereocenters. The van der Waals surface area contributed by atoms with Crippen LogP contribution in [0.3, 0.4) is 0 Å². The predicted octanol–water partition coefficient (Wildman–Crippen LogP) is 1.62. The van der Waals surface area contributed by atoms with E-state index in [0.29, 0.717) is 18.5 Å². The van der Waals surface area contributed by atoms with Crippen molar-refractivity contribution in [3.63, 3.8) is 0 Å². The first-order valence-electron chi connectivity index (χ1n) is 8.42. The average molecular weight is 339 g/mol. The molecule has 25 heavy (non-hydrogen) atoms. The number of amides is 1. The van der Waals surface area contributed by atoms with E-state index < -0.39 is 0 Å². The highest BCUT2D eigenvalue weighted by Gasteiger charge is 2.36. The second-order valence-electron chi connectivity index (χ2n) is 6.88. The minimum absolute atomic E-state index is 0.170. The number of pyridine rings is 1. The summed E-state index contributed by atoms with van der Waals surface area (Å²) in [4.78, 5) is 17.1. The van der Waals surface area contributed by atoms with Crippen molar-refractivity contribution in [2.24, 2.45) is 13.0 Å². The normalized spacial score (nSPS) is 21.1. The fourth-order valence-corrected chi connectivity index (χ4v) is 3.40. The highest BCUT2D eigenvalue weighted by atomic mass is 16.3. The van der Waals surface area contributed by atoms with Crippen molar-refractivity contribution in [2.75, 3.05) is 0 Å². The molecule has 0 aliphatic heterocycles. The third-order valence-electron chi connectivity index (χ3n) is 4.82. The summed E-state index contributed by atoms with van der Waals surface area (Å²) in [7, 11) is 1.85. The van der Waals surface area contributed by atoms with Crippen molar-refractivity contribution < 1.29 is 9.90 Å². The van der Waals surface area contributed by atoms with E-state index in [1.807, 2.05) is 42.9 Å². The monoisotopic (exact) mass is 339 g/mol. The lowest BCUT2D eigenvalue weighted by molar-refractivity contribution is 0.0234. The van der Waals surface area contributed by atoms with Crippen LogP contribution < -0.4 is 5.32 Å². The number of rotatable bonds is 4. The molecule has 0 spiro atoms. The number of fused-ring (bicyclic) bond motifs is 1. The second kappa shape index (κ2) is 6.00. The van der Waals surface area contributed by atoms with Gasteiger partial charge in [0, 0.05) is 31.2 Å². The first-order valence-corrected chi connectivity index (χ1v) is 8.42. The molecule has 3 heterocycles. The number of aromatic nitrogens is 4. The molecule has 0 radical (unpaired) electrons. The molecule has 3 aromatic heterocycles. The van der Waals surface area contributed by atoms with Crippen LogP contribution in [-0.4, -0.2) is 36.3 Å². The molecular formula is C18H21N5O2. The molecule has 1 amide bonds. The van der Waals surface area contributed by atoms with E-state index in [2.05, 4.69) is 15.4 Å². The molecule has 0 bridgehead atoms. The van der Waals surface area contributed by atoms with E-state index in [-0.39, 0.29) is 24.0 Å². The quantitative estimate of drug-likeness (QED) is 0.756. The lowest BCUT2D eigenvalue weighted by atomic mass is 9.75. The fraction of sp³-hybridized carbons (Fsp3) is 0.389. The Hall–Kier alpha value is -2.67. The smallest absolute Gasteiger partial charge is 0.272 e. The third kappa shape index (κ3) is 3.02. The summed E-state index contributed by atoms with van der Waals surface area (Å²) in [5, 5.41) is 16.9. The number of aryl methyl sites for hydroxylation is 2. The molecule has 7 nitrogen and oxygen atoms in total. The Kier molecular flexibility index (Phi) is 3.80. The molecule has 1 fully saturated rings. The molecule has 1 atom stereocenters. The molecule has 3 aromatic rings. The maximum Gasteiger partial charge on any atom is 0.272 e. The topological polar surface area (TPSA) is 84.5 Å². The Labute approximate surface area is 145 Å². The van der Waals surface area contributed by atoms with Gasteiger partial charge in [-0.1, -0.05) is 6.07 Å². The summed E-state index contributed by atoms with van der Waals surface area (Å²) >= 11 is 0. The van der Waals surface area contributed by atoms with Crippen LogP contribution in [0.4, 0.5) is 0 Å². The number of hydrogen-bond donors (Lipinski definition) is 2. The van der Waals surface area contributed by atoms with Crippen molar-refractivity contribution in [1.29, 1.82) is 0 Å². The number of aliphatic hydroxyl groups excluding tert-OH is 1. The van der Waals surface area contributed by atoms with Gasteiger partial charge < -0.3 is 14.8 Å². The summed E-state index contributed by atoms with van der Waals surface area (Å²) in [5.41, 5.74) is 3.19. The van der Waals surface area contributed by atoms with Crippen LogP contribution in [0.5, 0.6) is 0 Å². The molecular weight excluding hydrogens is 318 g/mol. The molecule has 1 saturated carbocycles. The summed E-state index contributed by atoms with van der Waals surface area (Å²) in [6.07, 6.45) is 8.45. The largest absolute Gasteiger partial charge is 0.393 e. The van der Waals surface area contributed by atoms with Crippen LogP contribution in [0.2, 0.25) is 0 Å². The van der Waals surface area contributed by atoms with E-state index in [1.54, 1.807) is 17.1 Å². The van der Waals surface area contributed by atoms with Gasteiger partial charge in [0.1, 0.15) is 11.3 Å². The van der Waals surface area contributed by atoms with Gasteiger partial charge in [-0.05, 0) is 37.3 Å². The first-order chi connectivity index (χ1) is 12.0. The van der Waals surface area contributed by atoms with Crippen molar-refractivity contribution >= 4 is 11.6 Å². The fourth-order valence-electron chi connectivity index (χ4n) is 3.40. The average Bonchev–Trinajstić information content (AvgIpc) is 3.15. The summed E-state index contributed by atoms with van der Waals surface area (Å²) in [6, 6.07) is 3.70. The van der Waals surface area contributed by atoms with Crippen molar-refractivity contribution in [1.82, 2.24) is 24.5 Å². The van der Waals surface area contributed by atoms with Gasteiger partial charge in [-0.3, -0.25) is 9.48 Å². The Morgan fingerprint density at radius 1 is 1.32 bits per heavy atom. The van der Waals surface area contributed by atoms with Gasteiger partial charge in [-0.25, -0.2) is 4.98 Å². The molecule has 0 saturated heterocycles. The minimum atomic E-state index is -0.278. The highest BCUT2D eigenvalue weighted by molar-refractivity contribution is 5.93. The van der Waals surface area contributed by atoms with Crippen molar-refractivity contribution in [3.05, 3.63) is 53.7 Å². The van der Waals surface area contributed by atoms with E-state index in [9.17, 15) is 9.90 Å². The number of carbonyl (C=O) groups is 1. The number of hydrogen-bond acceptors (Lipinski definition) is 4.